The number of benzene rings is 1. The maximum absolute atomic E-state index is 10.3. The number of aromatic nitrogens is 1. The van der Waals surface area contributed by atoms with Gasteiger partial charge < -0.3 is 16.0 Å². The highest BCUT2D eigenvalue weighted by Crippen LogP contribution is 2.28. The summed E-state index contributed by atoms with van der Waals surface area (Å²) in [5, 5.41) is 3.57. The lowest BCUT2D eigenvalue weighted by Crippen LogP contribution is -2.26. The van der Waals surface area contributed by atoms with Gasteiger partial charge in [-0.2, -0.15) is 0 Å². The van der Waals surface area contributed by atoms with Crippen molar-refractivity contribution in [3.63, 3.8) is 0 Å². The van der Waals surface area contributed by atoms with Gasteiger partial charge in [-0.15, -0.1) is 11.3 Å². The summed E-state index contributed by atoms with van der Waals surface area (Å²) in [5.41, 5.74) is 8.11. The van der Waals surface area contributed by atoms with Crippen LogP contribution >= 0.6 is 11.3 Å². The molecule has 3 rings (SSSR count). The van der Waals surface area contributed by atoms with E-state index in [9.17, 15) is 4.79 Å². The lowest BCUT2D eigenvalue weighted by atomic mass is 10.2. The topological polar surface area (TPSA) is 71.2 Å². The van der Waals surface area contributed by atoms with Crippen LogP contribution in [0.4, 0.5) is 5.69 Å². The summed E-state index contributed by atoms with van der Waals surface area (Å²) in [6.07, 6.45) is 1.74. The second kappa shape index (κ2) is 5.14. The lowest BCUT2D eigenvalue weighted by Gasteiger charge is -2.17. The predicted molar refractivity (Wildman–Crippen MR) is 77.3 cm³/mol. The van der Waals surface area contributed by atoms with Crippen molar-refractivity contribution in [3.05, 3.63) is 23.2 Å². The number of amides is 1. The van der Waals surface area contributed by atoms with E-state index in [-0.39, 0.29) is 6.04 Å². The van der Waals surface area contributed by atoms with Crippen LogP contribution in [0, 0.1) is 0 Å². The molecule has 100 valence electrons. The number of hydrogen-bond acceptors (Lipinski definition) is 5. The Morgan fingerprint density at radius 1 is 1.58 bits per heavy atom. The molecule has 2 aromatic rings. The third kappa shape index (κ3) is 2.54. The Morgan fingerprint density at radius 3 is 3.21 bits per heavy atom. The van der Waals surface area contributed by atoms with Gasteiger partial charge in [0, 0.05) is 24.8 Å². The first-order valence-electron chi connectivity index (χ1n) is 6.33. The highest BCUT2D eigenvalue weighted by Gasteiger charge is 2.19. The summed E-state index contributed by atoms with van der Waals surface area (Å²) < 4.78 is 1.15. The van der Waals surface area contributed by atoms with E-state index in [1.807, 2.05) is 0 Å². The molecule has 19 heavy (non-hydrogen) atoms. The summed E-state index contributed by atoms with van der Waals surface area (Å²) in [5.74, 6) is 0. The molecule has 3 N–H and O–H groups in total. The smallest absolute Gasteiger partial charge is 0.207 e. The van der Waals surface area contributed by atoms with Crippen molar-refractivity contribution in [3.8, 4) is 0 Å². The Bertz CT molecular complexity index is 597. The molecule has 1 unspecified atom stereocenters. The van der Waals surface area contributed by atoms with Crippen LogP contribution in [0.25, 0.3) is 10.2 Å². The minimum atomic E-state index is 0.276. The number of thiazole rings is 1. The van der Waals surface area contributed by atoms with Crippen LogP contribution in [0.15, 0.2) is 18.2 Å². The first kappa shape index (κ1) is 12.4. The van der Waals surface area contributed by atoms with E-state index >= 15 is 0 Å². The molecule has 0 bridgehead atoms. The van der Waals surface area contributed by atoms with Crippen LogP contribution in [0.5, 0.6) is 0 Å². The van der Waals surface area contributed by atoms with Crippen LogP contribution in [0.1, 0.15) is 11.4 Å². The average molecular weight is 276 g/mol. The van der Waals surface area contributed by atoms with E-state index in [2.05, 4.69) is 33.4 Å². The molecule has 1 aliphatic heterocycles. The van der Waals surface area contributed by atoms with E-state index in [0.717, 1.165) is 34.7 Å². The van der Waals surface area contributed by atoms with E-state index in [4.69, 9.17) is 5.73 Å². The number of hydrogen-bond donors (Lipinski definition) is 2. The standard InChI is InChI=1S/C13H16N4OS/c14-9-3-4-17(7-9)10-1-2-12-11(5-10)16-13(19-12)6-15-8-18/h1-2,5,8-9H,3-4,6-7,14H2,(H,15,18). The van der Waals surface area contributed by atoms with Crippen molar-refractivity contribution >= 4 is 33.7 Å². The molecule has 1 aromatic carbocycles. The van der Waals surface area contributed by atoms with Crippen LogP contribution in [-0.2, 0) is 11.3 Å². The SMILES string of the molecule is NC1CCN(c2ccc3sc(CNC=O)nc3c2)C1. The van der Waals surface area contributed by atoms with Gasteiger partial charge in [-0.05, 0) is 24.6 Å². The zero-order valence-electron chi connectivity index (χ0n) is 10.5. The molecule has 0 saturated carbocycles. The maximum atomic E-state index is 10.3. The Hall–Kier alpha value is -1.66. The van der Waals surface area contributed by atoms with Crippen LogP contribution < -0.4 is 16.0 Å². The van der Waals surface area contributed by atoms with Gasteiger partial charge in [0.1, 0.15) is 5.01 Å². The monoisotopic (exact) mass is 276 g/mol. The van der Waals surface area contributed by atoms with E-state index < -0.39 is 0 Å². The van der Waals surface area contributed by atoms with Crippen molar-refractivity contribution in [2.24, 2.45) is 5.73 Å². The van der Waals surface area contributed by atoms with Gasteiger partial charge in [0.15, 0.2) is 0 Å². The minimum absolute atomic E-state index is 0.276. The number of nitrogens with one attached hydrogen (secondary N) is 1. The molecular formula is C13H16N4OS. The number of rotatable bonds is 4. The highest BCUT2D eigenvalue weighted by atomic mass is 32.1. The van der Waals surface area contributed by atoms with Crippen molar-refractivity contribution in [2.75, 3.05) is 18.0 Å². The second-order valence-electron chi connectivity index (χ2n) is 4.75. The maximum Gasteiger partial charge on any atom is 0.207 e. The fraction of sp³-hybridized carbons (Fsp3) is 0.385. The van der Waals surface area contributed by atoms with Crippen molar-refractivity contribution in [1.29, 1.82) is 0 Å². The Kier molecular flexibility index (Phi) is 3.35. The molecule has 6 heteroatoms. The molecule has 0 aliphatic carbocycles. The van der Waals surface area contributed by atoms with Crippen LogP contribution in [-0.4, -0.2) is 30.5 Å². The Morgan fingerprint density at radius 2 is 2.47 bits per heavy atom. The number of anilines is 1. The largest absolute Gasteiger partial charge is 0.370 e. The summed E-state index contributed by atoms with van der Waals surface area (Å²) in [7, 11) is 0. The number of carbonyl (C=O) groups is 1. The molecule has 1 amide bonds. The van der Waals surface area contributed by atoms with Crippen molar-refractivity contribution < 1.29 is 4.79 Å². The molecular weight excluding hydrogens is 260 g/mol. The first-order chi connectivity index (χ1) is 9.26. The summed E-state index contributed by atoms with van der Waals surface area (Å²) >= 11 is 1.61. The molecule has 1 fully saturated rings. The Balaban J connectivity index is 1.85. The second-order valence-corrected chi connectivity index (χ2v) is 5.87. The first-order valence-corrected chi connectivity index (χ1v) is 7.15. The van der Waals surface area contributed by atoms with Crippen molar-refractivity contribution in [1.82, 2.24) is 10.3 Å². The molecule has 2 heterocycles. The predicted octanol–water partition coefficient (Wildman–Crippen LogP) is 1.08. The van der Waals surface area contributed by atoms with E-state index in [1.165, 1.54) is 5.69 Å². The van der Waals surface area contributed by atoms with Gasteiger partial charge in [-0.25, -0.2) is 4.98 Å². The van der Waals surface area contributed by atoms with Crippen molar-refractivity contribution in [2.45, 2.75) is 19.0 Å². The van der Waals surface area contributed by atoms with Gasteiger partial charge >= 0.3 is 0 Å². The van der Waals surface area contributed by atoms with Gasteiger partial charge in [-0.1, -0.05) is 0 Å². The number of nitrogens with two attached hydrogens (primary N) is 1. The quantitative estimate of drug-likeness (QED) is 0.820. The molecule has 1 aromatic heterocycles. The van der Waals surface area contributed by atoms with Gasteiger partial charge in [0.05, 0.1) is 16.8 Å². The van der Waals surface area contributed by atoms with E-state index in [0.29, 0.717) is 13.0 Å². The highest BCUT2D eigenvalue weighted by molar-refractivity contribution is 7.18. The molecule has 5 nitrogen and oxygen atoms in total. The van der Waals surface area contributed by atoms with Crippen LogP contribution in [0.2, 0.25) is 0 Å². The fourth-order valence-corrected chi connectivity index (χ4v) is 3.29. The fourth-order valence-electron chi connectivity index (χ4n) is 2.39. The molecule has 1 atom stereocenters. The number of nitrogens with zero attached hydrogens (tertiary/aromatic N) is 2. The summed E-state index contributed by atoms with van der Waals surface area (Å²) in [6, 6.07) is 6.60. The lowest BCUT2D eigenvalue weighted by molar-refractivity contribution is -0.109. The summed E-state index contributed by atoms with van der Waals surface area (Å²) in [6.45, 7) is 2.42. The molecule has 1 saturated heterocycles. The molecule has 0 radical (unpaired) electrons. The van der Waals surface area contributed by atoms with Gasteiger partial charge in [0.2, 0.25) is 6.41 Å². The van der Waals surface area contributed by atoms with E-state index in [1.54, 1.807) is 11.3 Å². The third-order valence-electron chi connectivity index (χ3n) is 3.34. The third-order valence-corrected chi connectivity index (χ3v) is 4.38. The van der Waals surface area contributed by atoms with Gasteiger partial charge in [0.25, 0.3) is 0 Å². The normalized spacial score (nSPS) is 19.0. The zero-order valence-corrected chi connectivity index (χ0v) is 11.3. The van der Waals surface area contributed by atoms with Crippen LogP contribution in [0.3, 0.4) is 0 Å². The molecule has 0 spiro atoms. The number of fused-ring (bicyclic) bond motifs is 1. The average Bonchev–Trinajstić information content (AvgIpc) is 3.01. The Labute approximate surface area is 115 Å². The number of carbonyl (C=O) groups excluding carboxylic acids is 1. The summed E-state index contributed by atoms with van der Waals surface area (Å²) in [4.78, 5) is 17.1. The zero-order chi connectivity index (χ0) is 13.2. The van der Waals surface area contributed by atoms with Gasteiger partial charge in [-0.3, -0.25) is 4.79 Å². The molecule has 1 aliphatic rings. The minimum Gasteiger partial charge on any atom is -0.370 e.